The van der Waals surface area contributed by atoms with Gasteiger partial charge in [-0.05, 0) is 28.1 Å². The highest BCUT2D eigenvalue weighted by atomic mass is 79.9. The molecule has 1 aromatic heterocycles. The van der Waals surface area contributed by atoms with E-state index in [1.54, 1.807) is 18.2 Å². The smallest absolute Gasteiger partial charge is 0.340 e. The van der Waals surface area contributed by atoms with Crippen molar-refractivity contribution in [2.24, 2.45) is 0 Å². The van der Waals surface area contributed by atoms with Gasteiger partial charge in [-0.15, -0.1) is 0 Å². The topological polar surface area (TPSA) is 75.3 Å². The van der Waals surface area contributed by atoms with Gasteiger partial charge in [0.2, 0.25) is 0 Å². The molecule has 6 heteroatoms. The summed E-state index contributed by atoms with van der Waals surface area (Å²) in [6.45, 7) is 0. The van der Waals surface area contributed by atoms with E-state index in [1.165, 1.54) is 16.9 Å². The number of phenols is 1. The minimum Gasteiger partial charge on any atom is -0.506 e. The number of carbonyl (C=O) groups is 1. The van der Waals surface area contributed by atoms with E-state index in [-0.39, 0.29) is 11.3 Å². The number of rotatable bonds is 2. The molecule has 2 N–H and O–H groups in total. The van der Waals surface area contributed by atoms with Gasteiger partial charge in [0.15, 0.2) is 0 Å². The van der Waals surface area contributed by atoms with Crippen molar-refractivity contribution in [1.82, 2.24) is 9.78 Å². The maximum absolute atomic E-state index is 10.8. The second kappa shape index (κ2) is 3.97. The lowest BCUT2D eigenvalue weighted by molar-refractivity contribution is 0.0696. The number of hydrogen-bond donors (Lipinski definition) is 2. The van der Waals surface area contributed by atoms with Crippen LogP contribution in [0.1, 0.15) is 10.4 Å². The lowest BCUT2D eigenvalue weighted by Crippen LogP contribution is -1.99. The third-order valence-corrected chi connectivity index (χ3v) is 2.81. The monoisotopic (exact) mass is 282 g/mol. The third kappa shape index (κ3) is 1.67. The van der Waals surface area contributed by atoms with E-state index in [2.05, 4.69) is 21.0 Å². The Bertz CT molecular complexity index is 551. The molecule has 0 aliphatic carbocycles. The van der Waals surface area contributed by atoms with Gasteiger partial charge in [-0.25, -0.2) is 9.48 Å². The summed E-state index contributed by atoms with van der Waals surface area (Å²) in [6, 6.07) is 6.54. The van der Waals surface area contributed by atoms with Crippen molar-refractivity contribution in [3.05, 3.63) is 40.6 Å². The Hall–Kier alpha value is -1.82. The molecular weight excluding hydrogens is 276 g/mol. The van der Waals surface area contributed by atoms with Crippen molar-refractivity contribution >= 4 is 21.9 Å². The van der Waals surface area contributed by atoms with Crippen molar-refractivity contribution in [3.8, 4) is 11.4 Å². The van der Waals surface area contributed by atoms with E-state index in [0.29, 0.717) is 10.3 Å². The van der Waals surface area contributed by atoms with E-state index in [0.717, 1.165) is 0 Å². The first kappa shape index (κ1) is 10.7. The Morgan fingerprint density at radius 2 is 2.06 bits per heavy atom. The fraction of sp³-hybridized carbons (Fsp3) is 0. The largest absolute Gasteiger partial charge is 0.506 e. The molecule has 82 valence electrons. The molecule has 2 rings (SSSR count). The average Bonchev–Trinajstić information content (AvgIpc) is 2.61. The molecule has 0 aliphatic heterocycles. The van der Waals surface area contributed by atoms with Crippen LogP contribution in [0, 0.1) is 0 Å². The van der Waals surface area contributed by atoms with Crippen LogP contribution in [0.4, 0.5) is 0 Å². The molecule has 0 amide bonds. The molecule has 0 unspecified atom stereocenters. The summed E-state index contributed by atoms with van der Waals surface area (Å²) in [5, 5.41) is 22.4. The van der Waals surface area contributed by atoms with Crippen LogP contribution >= 0.6 is 15.9 Å². The summed E-state index contributed by atoms with van der Waals surface area (Å²) in [7, 11) is 0. The molecule has 0 fully saturated rings. The molecule has 0 saturated heterocycles. The summed E-state index contributed by atoms with van der Waals surface area (Å²) in [5.41, 5.74) is 0.463. The van der Waals surface area contributed by atoms with Gasteiger partial charge < -0.3 is 10.2 Å². The van der Waals surface area contributed by atoms with Crippen LogP contribution in [0.5, 0.6) is 5.75 Å². The zero-order chi connectivity index (χ0) is 11.7. The van der Waals surface area contributed by atoms with Gasteiger partial charge in [-0.3, -0.25) is 0 Å². The Balaban J connectivity index is 2.58. The average molecular weight is 283 g/mol. The van der Waals surface area contributed by atoms with Gasteiger partial charge in [0.05, 0.1) is 6.20 Å². The Morgan fingerprint density at radius 1 is 1.38 bits per heavy atom. The quantitative estimate of drug-likeness (QED) is 0.884. The predicted molar refractivity (Wildman–Crippen MR) is 59.9 cm³/mol. The van der Waals surface area contributed by atoms with Crippen LogP contribution in [-0.4, -0.2) is 26.0 Å². The zero-order valence-electron chi connectivity index (χ0n) is 7.96. The first-order valence-corrected chi connectivity index (χ1v) is 5.15. The van der Waals surface area contributed by atoms with Crippen molar-refractivity contribution < 1.29 is 15.0 Å². The normalized spacial score (nSPS) is 10.3. The van der Waals surface area contributed by atoms with Crippen molar-refractivity contribution in [1.29, 1.82) is 0 Å². The Kier molecular flexibility index (Phi) is 2.66. The number of nitrogens with zero attached hydrogens (tertiary/aromatic N) is 2. The molecule has 0 radical (unpaired) electrons. The first-order chi connectivity index (χ1) is 7.61. The lowest BCUT2D eigenvalue weighted by atomic mass is 10.3. The standard InChI is InChI=1S/C10H7BrN2O3/c11-9-6(10(15)16)5-12-13(9)7-3-1-2-4-8(7)14/h1-5,14H,(H,15,16). The summed E-state index contributed by atoms with van der Waals surface area (Å²) >= 11 is 3.13. The number of phenolic OH excluding ortho intramolecular Hbond substituents is 1. The van der Waals surface area contributed by atoms with Gasteiger partial charge in [-0.1, -0.05) is 12.1 Å². The molecular formula is C10H7BrN2O3. The third-order valence-electron chi connectivity index (χ3n) is 2.05. The molecule has 0 bridgehead atoms. The van der Waals surface area contributed by atoms with Gasteiger partial charge >= 0.3 is 5.97 Å². The van der Waals surface area contributed by atoms with Crippen molar-refractivity contribution in [3.63, 3.8) is 0 Å². The minimum absolute atomic E-state index is 0.0308. The van der Waals surface area contributed by atoms with E-state index < -0.39 is 5.97 Å². The first-order valence-electron chi connectivity index (χ1n) is 4.36. The zero-order valence-corrected chi connectivity index (χ0v) is 9.55. The predicted octanol–water partition coefficient (Wildman–Crippen LogP) is 2.04. The minimum atomic E-state index is -1.08. The van der Waals surface area contributed by atoms with E-state index in [4.69, 9.17) is 5.11 Å². The number of aromatic carboxylic acids is 1. The molecule has 0 spiro atoms. The van der Waals surface area contributed by atoms with Crippen molar-refractivity contribution in [2.75, 3.05) is 0 Å². The lowest BCUT2D eigenvalue weighted by Gasteiger charge is -2.05. The molecule has 16 heavy (non-hydrogen) atoms. The number of para-hydroxylation sites is 2. The molecule has 0 aliphatic rings. The van der Waals surface area contributed by atoms with E-state index in [9.17, 15) is 9.90 Å². The summed E-state index contributed by atoms with van der Waals surface area (Å²) in [4.78, 5) is 10.8. The fourth-order valence-corrected chi connectivity index (χ4v) is 1.84. The maximum Gasteiger partial charge on any atom is 0.340 e. The SMILES string of the molecule is O=C(O)c1cnn(-c2ccccc2O)c1Br. The highest BCUT2D eigenvalue weighted by molar-refractivity contribution is 9.10. The molecule has 1 aromatic carbocycles. The number of benzene rings is 1. The van der Waals surface area contributed by atoms with Crippen LogP contribution < -0.4 is 0 Å². The van der Waals surface area contributed by atoms with Gasteiger partial charge in [-0.2, -0.15) is 5.10 Å². The van der Waals surface area contributed by atoms with E-state index in [1.807, 2.05) is 0 Å². The maximum atomic E-state index is 10.8. The molecule has 2 aromatic rings. The van der Waals surface area contributed by atoms with E-state index >= 15 is 0 Å². The van der Waals surface area contributed by atoms with Crippen LogP contribution in [0.15, 0.2) is 35.1 Å². The number of carboxylic acid groups (broad SMARTS) is 1. The van der Waals surface area contributed by atoms with Gasteiger partial charge in [0.1, 0.15) is 21.6 Å². The summed E-state index contributed by atoms with van der Waals surface area (Å²) in [5.74, 6) is -1.04. The van der Waals surface area contributed by atoms with Gasteiger partial charge in [0.25, 0.3) is 0 Å². The molecule has 5 nitrogen and oxygen atoms in total. The number of carboxylic acids is 1. The number of hydrogen-bond acceptors (Lipinski definition) is 3. The van der Waals surface area contributed by atoms with Crippen molar-refractivity contribution in [2.45, 2.75) is 0 Å². The van der Waals surface area contributed by atoms with Crippen LogP contribution in [0.2, 0.25) is 0 Å². The molecule has 1 heterocycles. The number of halogens is 1. The highest BCUT2D eigenvalue weighted by Gasteiger charge is 2.16. The second-order valence-corrected chi connectivity index (χ2v) is 3.81. The fourth-order valence-electron chi connectivity index (χ4n) is 1.29. The van der Waals surface area contributed by atoms with Crippen LogP contribution in [0.3, 0.4) is 0 Å². The van der Waals surface area contributed by atoms with Crippen LogP contribution in [-0.2, 0) is 0 Å². The summed E-state index contributed by atoms with van der Waals surface area (Å²) in [6.07, 6.45) is 1.22. The van der Waals surface area contributed by atoms with Crippen LogP contribution in [0.25, 0.3) is 5.69 Å². The number of aromatic hydroxyl groups is 1. The molecule has 0 saturated carbocycles. The molecule has 0 atom stereocenters. The van der Waals surface area contributed by atoms with Gasteiger partial charge in [0, 0.05) is 0 Å². The Labute approximate surface area is 99.1 Å². The number of aromatic nitrogens is 2. The highest BCUT2D eigenvalue weighted by Crippen LogP contribution is 2.26. The second-order valence-electron chi connectivity index (χ2n) is 3.05. The Morgan fingerprint density at radius 3 is 2.62 bits per heavy atom. The summed E-state index contributed by atoms with van der Waals surface area (Å²) < 4.78 is 1.61.